The van der Waals surface area contributed by atoms with Crippen molar-refractivity contribution in [3.63, 3.8) is 0 Å². The number of phenolic OH excluding ortho intramolecular Hbond substituents is 1. The number of hydrogen-bond acceptors (Lipinski definition) is 5. The number of rotatable bonds is 7. The van der Waals surface area contributed by atoms with Crippen LogP contribution in [0.3, 0.4) is 0 Å². The van der Waals surface area contributed by atoms with E-state index in [1.54, 1.807) is 39.8 Å². The second kappa shape index (κ2) is 8.99. The highest BCUT2D eigenvalue weighted by atomic mass is 16.6. The van der Waals surface area contributed by atoms with Gasteiger partial charge in [0.15, 0.2) is 17.2 Å². The molecule has 2 aromatic carbocycles. The highest BCUT2D eigenvalue weighted by Gasteiger charge is 2.35. The minimum absolute atomic E-state index is 0.00433. The van der Waals surface area contributed by atoms with Gasteiger partial charge in [-0.3, -0.25) is 9.59 Å². The summed E-state index contributed by atoms with van der Waals surface area (Å²) in [5.41, 5.74) is -0.304. The second-order valence-electron chi connectivity index (χ2n) is 8.26. The van der Waals surface area contributed by atoms with Crippen LogP contribution in [0.15, 0.2) is 48.5 Å². The Kier molecular flexibility index (Phi) is 6.90. The number of nitrogens with one attached hydrogen (secondary N) is 1. The molecule has 2 aromatic rings. The number of benzene rings is 2. The molecule has 6 nitrogen and oxygen atoms in total. The van der Waals surface area contributed by atoms with Gasteiger partial charge in [-0.05, 0) is 51.0 Å². The fraction of sp³-hybridized carbons (Fsp3) is 0.391. The van der Waals surface area contributed by atoms with E-state index in [-0.39, 0.29) is 18.1 Å². The van der Waals surface area contributed by atoms with Gasteiger partial charge in [-0.2, -0.15) is 0 Å². The molecular formula is C23H29NO5. The summed E-state index contributed by atoms with van der Waals surface area (Å²) in [6, 6.07) is 14.2. The first-order valence-corrected chi connectivity index (χ1v) is 9.47. The summed E-state index contributed by atoms with van der Waals surface area (Å²) >= 11 is 0. The van der Waals surface area contributed by atoms with Crippen LogP contribution in [0.4, 0.5) is 0 Å². The van der Waals surface area contributed by atoms with Gasteiger partial charge in [0.1, 0.15) is 0 Å². The highest BCUT2D eigenvalue weighted by Crippen LogP contribution is 2.27. The van der Waals surface area contributed by atoms with E-state index in [2.05, 4.69) is 5.32 Å². The lowest BCUT2D eigenvalue weighted by molar-refractivity contribution is -0.172. The molecule has 1 amide bonds. The van der Waals surface area contributed by atoms with E-state index in [4.69, 9.17) is 9.47 Å². The molecule has 0 radical (unpaired) electrons. The van der Waals surface area contributed by atoms with Crippen molar-refractivity contribution in [1.82, 2.24) is 5.32 Å². The Morgan fingerprint density at radius 1 is 1.00 bits per heavy atom. The van der Waals surface area contributed by atoms with Crippen LogP contribution in [-0.4, -0.2) is 29.8 Å². The van der Waals surface area contributed by atoms with Crippen LogP contribution in [0.25, 0.3) is 0 Å². The van der Waals surface area contributed by atoms with Gasteiger partial charge in [-0.1, -0.05) is 36.4 Å². The topological polar surface area (TPSA) is 84.9 Å². The largest absolute Gasteiger partial charge is 0.504 e. The van der Waals surface area contributed by atoms with Gasteiger partial charge >= 0.3 is 5.97 Å². The fourth-order valence-electron chi connectivity index (χ4n) is 2.81. The molecule has 0 bridgehead atoms. The number of hydrogen-bond donors (Lipinski definition) is 2. The molecule has 0 fully saturated rings. The number of carbonyl (C=O) groups is 2. The third kappa shape index (κ3) is 6.52. The van der Waals surface area contributed by atoms with Crippen LogP contribution in [0.2, 0.25) is 0 Å². The minimum Gasteiger partial charge on any atom is -0.504 e. The molecule has 0 aliphatic heterocycles. The first-order chi connectivity index (χ1) is 13.5. The smallest absolute Gasteiger partial charge is 0.313 e. The molecule has 0 aliphatic rings. The molecule has 29 heavy (non-hydrogen) atoms. The summed E-state index contributed by atoms with van der Waals surface area (Å²) in [5.74, 6) is -0.411. The lowest BCUT2D eigenvalue weighted by Gasteiger charge is -2.33. The van der Waals surface area contributed by atoms with Gasteiger partial charge in [0, 0.05) is 6.42 Å². The highest BCUT2D eigenvalue weighted by molar-refractivity contribution is 5.80. The third-order valence-electron chi connectivity index (χ3n) is 4.33. The standard InChI is InChI=1S/C23H29NO5/c1-22(2,3)21(27)29-23(4,15-16-9-7-6-8-10-16)24-20(26)14-17-11-12-18(25)19(13-17)28-5/h6-13,25H,14-15H2,1-5H3,(H,24,26)/t23-/m1/s1. The van der Waals surface area contributed by atoms with E-state index in [1.807, 2.05) is 30.3 Å². The number of methoxy groups -OCH3 is 1. The molecule has 2 N–H and O–H groups in total. The summed E-state index contributed by atoms with van der Waals surface area (Å²) < 4.78 is 10.8. The first kappa shape index (κ1) is 22.3. The van der Waals surface area contributed by atoms with E-state index in [9.17, 15) is 14.7 Å². The van der Waals surface area contributed by atoms with Crippen molar-refractivity contribution >= 4 is 11.9 Å². The lowest BCUT2D eigenvalue weighted by atomic mass is 9.96. The molecule has 6 heteroatoms. The Balaban J connectivity index is 2.19. The van der Waals surface area contributed by atoms with E-state index in [0.717, 1.165) is 5.56 Å². The van der Waals surface area contributed by atoms with E-state index >= 15 is 0 Å². The predicted octanol–water partition coefficient (Wildman–Crippen LogP) is 3.61. The molecule has 0 unspecified atom stereocenters. The Morgan fingerprint density at radius 2 is 1.66 bits per heavy atom. The van der Waals surface area contributed by atoms with Gasteiger partial charge < -0.3 is 19.9 Å². The molecule has 2 rings (SSSR count). The van der Waals surface area contributed by atoms with Crippen molar-refractivity contribution in [2.75, 3.05) is 7.11 Å². The second-order valence-corrected chi connectivity index (χ2v) is 8.26. The molecule has 0 saturated carbocycles. The van der Waals surface area contributed by atoms with Crippen LogP contribution in [0.1, 0.15) is 38.8 Å². The number of amides is 1. The maximum Gasteiger partial charge on any atom is 0.313 e. The van der Waals surface area contributed by atoms with Gasteiger partial charge in [-0.25, -0.2) is 0 Å². The molecular weight excluding hydrogens is 370 g/mol. The zero-order chi connectivity index (χ0) is 21.7. The van der Waals surface area contributed by atoms with Gasteiger partial charge in [0.25, 0.3) is 0 Å². The Hall–Kier alpha value is -3.02. The molecule has 156 valence electrons. The number of phenols is 1. The van der Waals surface area contributed by atoms with Crippen molar-refractivity contribution in [1.29, 1.82) is 0 Å². The molecule has 1 atom stereocenters. The normalized spacial score (nSPS) is 13.3. The molecule has 0 spiro atoms. The number of ether oxygens (including phenoxy) is 2. The van der Waals surface area contributed by atoms with Crippen molar-refractivity contribution in [2.24, 2.45) is 5.41 Å². The van der Waals surface area contributed by atoms with E-state index in [0.29, 0.717) is 17.7 Å². The maximum absolute atomic E-state index is 12.7. The summed E-state index contributed by atoms with van der Waals surface area (Å²) in [6.45, 7) is 6.99. The van der Waals surface area contributed by atoms with Crippen LogP contribution in [0.5, 0.6) is 11.5 Å². The zero-order valence-corrected chi connectivity index (χ0v) is 17.6. The average Bonchev–Trinajstić information content (AvgIpc) is 2.62. The van der Waals surface area contributed by atoms with Crippen LogP contribution < -0.4 is 10.1 Å². The predicted molar refractivity (Wildman–Crippen MR) is 111 cm³/mol. The van der Waals surface area contributed by atoms with E-state index in [1.165, 1.54) is 13.2 Å². The van der Waals surface area contributed by atoms with Gasteiger partial charge in [0.2, 0.25) is 5.91 Å². The Labute approximate surface area is 171 Å². The summed E-state index contributed by atoms with van der Waals surface area (Å²) in [4.78, 5) is 25.2. The Morgan fingerprint density at radius 3 is 2.24 bits per heavy atom. The minimum atomic E-state index is -1.20. The SMILES string of the molecule is COc1cc(CC(=O)N[C@@](C)(Cc2ccccc2)OC(=O)C(C)(C)C)ccc1O. The monoisotopic (exact) mass is 399 g/mol. The fourth-order valence-corrected chi connectivity index (χ4v) is 2.81. The quantitative estimate of drug-likeness (QED) is 0.549. The maximum atomic E-state index is 12.7. The first-order valence-electron chi connectivity index (χ1n) is 9.47. The zero-order valence-electron chi connectivity index (χ0n) is 17.6. The average molecular weight is 399 g/mol. The van der Waals surface area contributed by atoms with Gasteiger partial charge in [0.05, 0.1) is 18.9 Å². The molecule has 0 heterocycles. The Bertz CT molecular complexity index is 857. The van der Waals surface area contributed by atoms with Crippen LogP contribution >= 0.6 is 0 Å². The van der Waals surface area contributed by atoms with Crippen molar-refractivity contribution in [2.45, 2.75) is 46.3 Å². The number of esters is 1. The molecule has 0 saturated heterocycles. The van der Waals surface area contributed by atoms with Crippen molar-refractivity contribution < 1.29 is 24.2 Å². The van der Waals surface area contributed by atoms with Gasteiger partial charge in [-0.15, -0.1) is 0 Å². The summed E-state index contributed by atoms with van der Waals surface area (Å²) in [6.07, 6.45) is 0.383. The number of aromatic hydroxyl groups is 1. The summed E-state index contributed by atoms with van der Waals surface area (Å²) in [5, 5.41) is 12.6. The van der Waals surface area contributed by atoms with Crippen molar-refractivity contribution in [3.05, 3.63) is 59.7 Å². The van der Waals surface area contributed by atoms with Crippen LogP contribution in [0, 0.1) is 5.41 Å². The van der Waals surface area contributed by atoms with E-state index < -0.39 is 17.1 Å². The van der Waals surface area contributed by atoms with Crippen molar-refractivity contribution in [3.8, 4) is 11.5 Å². The summed E-state index contributed by atoms with van der Waals surface area (Å²) in [7, 11) is 1.45. The molecule has 0 aliphatic carbocycles. The van der Waals surface area contributed by atoms with Crippen LogP contribution in [-0.2, 0) is 27.2 Å². The lowest BCUT2D eigenvalue weighted by Crippen LogP contribution is -2.52. The molecule has 0 aromatic heterocycles. The number of carbonyl (C=O) groups excluding carboxylic acids is 2. The third-order valence-corrected chi connectivity index (χ3v) is 4.33.